The molecule has 0 saturated heterocycles. The van der Waals surface area contributed by atoms with Gasteiger partial charge in [-0.25, -0.2) is 0 Å². The number of amides is 3. The van der Waals surface area contributed by atoms with Crippen LogP contribution in [-0.4, -0.2) is 29.3 Å². The van der Waals surface area contributed by atoms with E-state index in [0.717, 1.165) is 87.3 Å². The van der Waals surface area contributed by atoms with E-state index in [1.807, 2.05) is 66.7 Å². The first kappa shape index (κ1) is 40.2. The van der Waals surface area contributed by atoms with E-state index < -0.39 is 6.04 Å². The summed E-state index contributed by atoms with van der Waals surface area (Å²) in [6.07, 6.45) is 20.9. The van der Waals surface area contributed by atoms with Crippen molar-refractivity contribution >= 4 is 17.7 Å². The van der Waals surface area contributed by atoms with Crippen LogP contribution in [0.4, 0.5) is 0 Å². The molecule has 0 aliphatic heterocycles. The molecule has 1 atom stereocenters. The van der Waals surface area contributed by atoms with E-state index in [9.17, 15) is 14.4 Å². The van der Waals surface area contributed by atoms with E-state index in [4.69, 9.17) is 4.74 Å². The van der Waals surface area contributed by atoms with Gasteiger partial charge in [0.05, 0.1) is 0 Å². The zero-order valence-electron chi connectivity index (χ0n) is 30.3. The van der Waals surface area contributed by atoms with Crippen LogP contribution in [0.5, 0.6) is 5.75 Å². The van der Waals surface area contributed by atoms with E-state index in [0.29, 0.717) is 38.3 Å². The Morgan fingerprint density at radius 2 is 1.20 bits per heavy atom. The minimum absolute atomic E-state index is 0.0892. The number of rotatable bonds is 27. The van der Waals surface area contributed by atoms with Gasteiger partial charge in [-0.2, -0.15) is 0 Å². The summed E-state index contributed by atoms with van der Waals surface area (Å²) in [5.74, 6) is 0.548. The van der Waals surface area contributed by atoms with Crippen molar-refractivity contribution in [3.63, 3.8) is 0 Å². The van der Waals surface area contributed by atoms with Crippen LogP contribution in [-0.2, 0) is 27.5 Å². The molecule has 2 aromatic carbocycles. The first-order valence-electron chi connectivity index (χ1n) is 19.0. The Labute approximate surface area is 300 Å². The quantitative estimate of drug-likeness (QED) is 0.0695. The number of unbranched alkanes of at least 4 members (excludes halogenated alkanes) is 13. The van der Waals surface area contributed by atoms with Crippen LogP contribution < -0.4 is 20.7 Å². The number of carbonyl (C=O) groups excluding carboxylic acids is 3. The lowest BCUT2D eigenvalue weighted by atomic mass is 10.0. The Bertz CT molecular complexity index is 1330. The summed E-state index contributed by atoms with van der Waals surface area (Å²) < 4.78 is 5.93. The number of carbonyl (C=O) groups is 3. The number of ether oxygens (including phenoxy) is 1. The molecular weight excluding hydrogens is 624 g/mol. The van der Waals surface area contributed by atoms with Crippen LogP contribution in [0, 0.1) is 0 Å². The summed E-state index contributed by atoms with van der Waals surface area (Å²) in [7, 11) is 0. The number of aromatic nitrogens is 1. The van der Waals surface area contributed by atoms with Gasteiger partial charge < -0.3 is 20.7 Å². The minimum Gasteiger partial charge on any atom is -0.489 e. The van der Waals surface area contributed by atoms with Gasteiger partial charge in [-0.05, 0) is 60.2 Å². The average Bonchev–Trinajstić information content (AvgIpc) is 3.15. The van der Waals surface area contributed by atoms with Crippen molar-refractivity contribution in [1.29, 1.82) is 0 Å². The van der Waals surface area contributed by atoms with Crippen molar-refractivity contribution in [2.45, 2.75) is 135 Å². The molecule has 272 valence electrons. The summed E-state index contributed by atoms with van der Waals surface area (Å²) in [5, 5.41) is 9.05. The van der Waals surface area contributed by atoms with Gasteiger partial charge >= 0.3 is 0 Å². The van der Waals surface area contributed by atoms with Crippen molar-refractivity contribution in [1.82, 2.24) is 20.9 Å². The van der Waals surface area contributed by atoms with E-state index in [-0.39, 0.29) is 17.7 Å². The maximum absolute atomic E-state index is 13.4. The lowest BCUT2D eigenvalue weighted by molar-refractivity contribution is -0.129. The highest BCUT2D eigenvalue weighted by molar-refractivity contribution is 5.88. The summed E-state index contributed by atoms with van der Waals surface area (Å²) in [5.41, 5.74) is 2.89. The van der Waals surface area contributed by atoms with Crippen LogP contribution >= 0.6 is 0 Å². The molecule has 3 amide bonds. The van der Waals surface area contributed by atoms with Crippen LogP contribution in [0.25, 0.3) is 0 Å². The third kappa shape index (κ3) is 18.0. The van der Waals surface area contributed by atoms with Gasteiger partial charge in [0.15, 0.2) is 0 Å². The van der Waals surface area contributed by atoms with Gasteiger partial charge in [0, 0.05) is 38.3 Å². The molecule has 8 heteroatoms. The maximum Gasteiger partial charge on any atom is 0.247 e. The molecule has 50 heavy (non-hydrogen) atoms. The zero-order chi connectivity index (χ0) is 35.5. The fraction of sp³-hybridized carbons (Fsp3) is 0.524. The van der Waals surface area contributed by atoms with Gasteiger partial charge in [-0.1, -0.05) is 126 Å². The summed E-state index contributed by atoms with van der Waals surface area (Å²) in [4.78, 5) is 42.3. The number of benzene rings is 2. The fourth-order valence-corrected chi connectivity index (χ4v) is 5.85. The molecule has 0 fully saturated rings. The molecule has 3 rings (SSSR count). The summed E-state index contributed by atoms with van der Waals surface area (Å²) >= 11 is 0. The highest BCUT2D eigenvalue weighted by Crippen LogP contribution is 2.20. The van der Waals surface area contributed by atoms with Gasteiger partial charge in [0.1, 0.15) is 18.4 Å². The Morgan fingerprint density at radius 1 is 0.620 bits per heavy atom. The van der Waals surface area contributed by atoms with Crippen molar-refractivity contribution in [3.8, 4) is 5.75 Å². The fourth-order valence-electron chi connectivity index (χ4n) is 5.85. The van der Waals surface area contributed by atoms with Crippen LogP contribution in [0.15, 0.2) is 79.1 Å². The average molecular weight is 685 g/mol. The number of nitrogens with zero attached hydrogens (tertiary/aromatic N) is 1. The van der Waals surface area contributed by atoms with Gasteiger partial charge in [0.25, 0.3) is 0 Å². The standard InChI is InChI=1S/C42H60N4O4/c1-2-3-4-5-8-12-18-23-40(48)46-41(37-24-26-38(27-25-37)50-34-36-20-15-14-16-21-36)42(49)44-30-19-13-10-7-6-9-11-17-22-39(47)45-33-35-28-31-43-32-29-35/h14-16,20-21,24-29,31-32,41H,2-13,17-19,22-23,30,33-34H2,1H3,(H,44,49)(H,45,47)(H,46,48)/t41-/m0/s1. The van der Waals surface area contributed by atoms with Crippen molar-refractivity contribution < 1.29 is 19.1 Å². The molecule has 8 nitrogen and oxygen atoms in total. The van der Waals surface area contributed by atoms with Gasteiger partial charge in [-0.15, -0.1) is 0 Å². The largest absolute Gasteiger partial charge is 0.489 e. The molecule has 0 aliphatic carbocycles. The summed E-state index contributed by atoms with van der Waals surface area (Å²) in [6.45, 7) is 3.81. The lowest BCUT2D eigenvalue weighted by Crippen LogP contribution is -2.40. The van der Waals surface area contributed by atoms with Crippen LogP contribution in [0.3, 0.4) is 0 Å². The second-order valence-corrected chi connectivity index (χ2v) is 13.2. The van der Waals surface area contributed by atoms with Crippen molar-refractivity contribution in [3.05, 3.63) is 95.8 Å². The monoisotopic (exact) mass is 684 g/mol. The van der Waals surface area contributed by atoms with E-state index in [1.165, 1.54) is 25.7 Å². The molecule has 0 spiro atoms. The summed E-state index contributed by atoms with van der Waals surface area (Å²) in [6, 6.07) is 20.5. The third-order valence-electron chi connectivity index (χ3n) is 8.91. The molecule has 0 saturated carbocycles. The highest BCUT2D eigenvalue weighted by atomic mass is 16.5. The molecule has 1 aromatic heterocycles. The smallest absolute Gasteiger partial charge is 0.247 e. The first-order valence-corrected chi connectivity index (χ1v) is 19.0. The normalized spacial score (nSPS) is 11.5. The molecule has 1 heterocycles. The Morgan fingerprint density at radius 3 is 1.84 bits per heavy atom. The third-order valence-corrected chi connectivity index (χ3v) is 8.91. The van der Waals surface area contributed by atoms with E-state index >= 15 is 0 Å². The maximum atomic E-state index is 13.4. The zero-order valence-corrected chi connectivity index (χ0v) is 30.3. The van der Waals surface area contributed by atoms with E-state index in [2.05, 4.69) is 27.9 Å². The van der Waals surface area contributed by atoms with Crippen LogP contribution in [0.2, 0.25) is 0 Å². The number of nitrogens with one attached hydrogen (secondary N) is 3. The molecule has 0 aliphatic rings. The molecule has 0 radical (unpaired) electrons. The Kier molecular flexibility index (Phi) is 20.7. The van der Waals surface area contributed by atoms with Gasteiger partial charge in [0.2, 0.25) is 17.7 Å². The van der Waals surface area contributed by atoms with E-state index in [1.54, 1.807) is 12.4 Å². The Hall–Kier alpha value is -4.20. The minimum atomic E-state index is -0.743. The van der Waals surface area contributed by atoms with Crippen LogP contribution in [0.1, 0.15) is 139 Å². The number of hydrogen-bond acceptors (Lipinski definition) is 5. The van der Waals surface area contributed by atoms with Crippen molar-refractivity contribution in [2.75, 3.05) is 6.54 Å². The number of pyridine rings is 1. The second kappa shape index (κ2) is 25.7. The molecule has 3 N–H and O–H groups in total. The predicted octanol–water partition coefficient (Wildman–Crippen LogP) is 8.90. The first-order chi connectivity index (χ1) is 24.5. The number of hydrogen-bond donors (Lipinski definition) is 3. The SMILES string of the molecule is CCCCCCCCCC(=O)N[C@H](C(=O)NCCCCCCCCCCC(=O)NCc1ccncc1)c1ccc(OCc2ccccc2)cc1. The molecule has 3 aromatic rings. The Balaban J connectivity index is 1.33. The molecular formula is C42H60N4O4. The van der Waals surface area contributed by atoms with Crippen molar-refractivity contribution in [2.24, 2.45) is 0 Å². The molecule has 0 bridgehead atoms. The second-order valence-electron chi connectivity index (χ2n) is 13.2. The lowest BCUT2D eigenvalue weighted by Gasteiger charge is -2.19. The topological polar surface area (TPSA) is 109 Å². The predicted molar refractivity (Wildman–Crippen MR) is 201 cm³/mol. The highest BCUT2D eigenvalue weighted by Gasteiger charge is 2.22. The van der Waals surface area contributed by atoms with Gasteiger partial charge in [-0.3, -0.25) is 19.4 Å². The molecule has 0 unspecified atom stereocenters.